The zero-order chi connectivity index (χ0) is 15.6. The Labute approximate surface area is 123 Å². The average molecular weight is 310 g/mol. The van der Waals surface area contributed by atoms with E-state index < -0.39 is 23.4 Å². The summed E-state index contributed by atoms with van der Waals surface area (Å²) in [4.78, 5) is 22.7. The summed E-state index contributed by atoms with van der Waals surface area (Å²) >= 11 is 5.76. The van der Waals surface area contributed by atoms with Gasteiger partial charge >= 0.3 is 5.97 Å². The Bertz CT molecular complexity index is 733. The highest BCUT2D eigenvalue weighted by atomic mass is 35.5. The smallest absolute Gasteiger partial charge is 0.335 e. The molecule has 0 aromatic heterocycles. The van der Waals surface area contributed by atoms with Crippen molar-refractivity contribution in [1.82, 2.24) is 0 Å². The first-order valence-corrected chi connectivity index (χ1v) is 6.09. The molecule has 1 amide bonds. The van der Waals surface area contributed by atoms with E-state index in [0.717, 1.165) is 18.2 Å². The van der Waals surface area contributed by atoms with E-state index in [1.165, 1.54) is 18.2 Å². The number of rotatable bonds is 3. The molecule has 0 radical (unpaired) electrons. The molecule has 0 aliphatic rings. The molecule has 0 heterocycles. The number of carbonyl (C=O) groups is 2. The van der Waals surface area contributed by atoms with Gasteiger partial charge in [0.25, 0.3) is 5.91 Å². The maximum Gasteiger partial charge on any atom is 0.335 e. The molecular formula is C14H9ClFNO4. The standard InChI is InChI=1S/C14H9ClFNO4/c15-10-6-8(16)2-3-9(10)13(19)17-11-4-1-7(14(20)21)5-12(11)18/h1-6,18H,(H,17,19)(H,20,21). The van der Waals surface area contributed by atoms with Gasteiger partial charge in [0.1, 0.15) is 11.6 Å². The summed E-state index contributed by atoms with van der Waals surface area (Å²) in [6.07, 6.45) is 0. The number of halogens is 2. The third-order valence-corrected chi connectivity index (χ3v) is 2.98. The summed E-state index contributed by atoms with van der Waals surface area (Å²) in [5, 5.41) is 20.7. The van der Waals surface area contributed by atoms with Gasteiger partial charge < -0.3 is 15.5 Å². The molecule has 0 bridgehead atoms. The Balaban J connectivity index is 2.25. The first-order chi connectivity index (χ1) is 9.88. The molecule has 5 nitrogen and oxygen atoms in total. The van der Waals surface area contributed by atoms with E-state index >= 15 is 0 Å². The first-order valence-electron chi connectivity index (χ1n) is 5.71. The fourth-order valence-electron chi connectivity index (χ4n) is 1.63. The van der Waals surface area contributed by atoms with Crippen molar-refractivity contribution in [2.45, 2.75) is 0 Å². The van der Waals surface area contributed by atoms with Crippen LogP contribution in [0.25, 0.3) is 0 Å². The van der Waals surface area contributed by atoms with Crippen LogP contribution in [0.2, 0.25) is 5.02 Å². The van der Waals surface area contributed by atoms with Gasteiger partial charge in [-0.2, -0.15) is 0 Å². The van der Waals surface area contributed by atoms with Gasteiger partial charge in [-0.1, -0.05) is 11.6 Å². The summed E-state index contributed by atoms with van der Waals surface area (Å²) in [7, 11) is 0. The fourth-order valence-corrected chi connectivity index (χ4v) is 1.89. The van der Waals surface area contributed by atoms with Crippen molar-refractivity contribution < 1.29 is 24.2 Å². The third kappa shape index (κ3) is 3.29. The molecule has 2 rings (SSSR count). The highest BCUT2D eigenvalue weighted by Gasteiger charge is 2.14. The van der Waals surface area contributed by atoms with Gasteiger partial charge in [-0.15, -0.1) is 0 Å². The average Bonchev–Trinajstić information content (AvgIpc) is 2.40. The van der Waals surface area contributed by atoms with Crippen molar-refractivity contribution in [3.05, 3.63) is 58.4 Å². The van der Waals surface area contributed by atoms with Crippen LogP contribution in [0, 0.1) is 5.82 Å². The van der Waals surface area contributed by atoms with Gasteiger partial charge in [-0.25, -0.2) is 9.18 Å². The number of hydrogen-bond donors (Lipinski definition) is 3. The second-order valence-corrected chi connectivity index (χ2v) is 4.52. The monoisotopic (exact) mass is 309 g/mol. The Morgan fingerprint density at radius 3 is 2.43 bits per heavy atom. The number of carbonyl (C=O) groups excluding carboxylic acids is 1. The normalized spacial score (nSPS) is 10.2. The van der Waals surface area contributed by atoms with Crippen LogP contribution in [0.3, 0.4) is 0 Å². The lowest BCUT2D eigenvalue weighted by atomic mass is 10.1. The molecule has 108 valence electrons. The molecule has 2 aromatic rings. The van der Waals surface area contributed by atoms with E-state index in [1.54, 1.807) is 0 Å². The maximum absolute atomic E-state index is 12.9. The second-order valence-electron chi connectivity index (χ2n) is 4.12. The van der Waals surface area contributed by atoms with E-state index in [0.29, 0.717) is 0 Å². The number of hydrogen-bond acceptors (Lipinski definition) is 3. The molecule has 0 saturated heterocycles. The van der Waals surface area contributed by atoms with Crippen molar-refractivity contribution in [3.63, 3.8) is 0 Å². The van der Waals surface area contributed by atoms with Gasteiger partial charge in [-0.3, -0.25) is 4.79 Å². The number of phenols is 1. The van der Waals surface area contributed by atoms with Crippen LogP contribution in [-0.2, 0) is 0 Å². The Morgan fingerprint density at radius 2 is 1.86 bits per heavy atom. The lowest BCUT2D eigenvalue weighted by Crippen LogP contribution is -2.13. The topological polar surface area (TPSA) is 86.6 Å². The van der Waals surface area contributed by atoms with Crippen LogP contribution in [-0.4, -0.2) is 22.1 Å². The number of aromatic carboxylic acids is 1. The van der Waals surface area contributed by atoms with Gasteiger partial charge in [0.15, 0.2) is 0 Å². The largest absolute Gasteiger partial charge is 0.506 e. The summed E-state index contributed by atoms with van der Waals surface area (Å²) in [6.45, 7) is 0. The molecule has 0 spiro atoms. The minimum atomic E-state index is -1.20. The van der Waals surface area contributed by atoms with Gasteiger partial charge in [0.2, 0.25) is 0 Å². The van der Waals surface area contributed by atoms with Crippen LogP contribution in [0.5, 0.6) is 5.75 Å². The zero-order valence-electron chi connectivity index (χ0n) is 10.4. The third-order valence-electron chi connectivity index (χ3n) is 2.67. The Kier molecular flexibility index (Phi) is 4.09. The maximum atomic E-state index is 12.9. The molecule has 0 aliphatic heterocycles. The molecule has 2 aromatic carbocycles. The molecule has 0 fully saturated rings. The van der Waals surface area contributed by atoms with Crippen molar-refractivity contribution in [2.75, 3.05) is 5.32 Å². The summed E-state index contributed by atoms with van der Waals surface area (Å²) < 4.78 is 12.9. The molecule has 7 heteroatoms. The van der Waals surface area contributed by atoms with Crippen molar-refractivity contribution >= 4 is 29.2 Å². The predicted molar refractivity (Wildman–Crippen MR) is 74.4 cm³/mol. The quantitative estimate of drug-likeness (QED) is 0.760. The van der Waals surface area contributed by atoms with Crippen molar-refractivity contribution in [3.8, 4) is 5.75 Å². The SMILES string of the molecule is O=C(O)c1ccc(NC(=O)c2ccc(F)cc2Cl)c(O)c1. The van der Waals surface area contributed by atoms with Gasteiger partial charge in [0.05, 0.1) is 21.8 Å². The first kappa shape index (κ1) is 14.8. The molecule has 0 atom stereocenters. The highest BCUT2D eigenvalue weighted by molar-refractivity contribution is 6.34. The highest BCUT2D eigenvalue weighted by Crippen LogP contribution is 2.26. The molecule has 0 aliphatic carbocycles. The molecule has 21 heavy (non-hydrogen) atoms. The minimum Gasteiger partial charge on any atom is -0.506 e. The minimum absolute atomic E-state index is 0.0189. The van der Waals surface area contributed by atoms with E-state index in [9.17, 15) is 19.1 Å². The summed E-state index contributed by atoms with van der Waals surface area (Å²) in [5.41, 5.74) is -0.0736. The number of phenolic OH excluding ortho intramolecular Hbond substituents is 1. The van der Waals surface area contributed by atoms with E-state index in [-0.39, 0.29) is 21.8 Å². The lowest BCUT2D eigenvalue weighted by Gasteiger charge is -2.09. The van der Waals surface area contributed by atoms with Crippen LogP contribution >= 0.6 is 11.6 Å². The van der Waals surface area contributed by atoms with E-state index in [4.69, 9.17) is 16.7 Å². The number of carboxylic acid groups (broad SMARTS) is 1. The summed E-state index contributed by atoms with van der Waals surface area (Å²) in [6, 6.07) is 6.75. The second kappa shape index (κ2) is 5.80. The number of aromatic hydroxyl groups is 1. The van der Waals surface area contributed by atoms with Crippen LogP contribution in [0.15, 0.2) is 36.4 Å². The molecular weight excluding hydrogens is 301 g/mol. The number of benzene rings is 2. The number of carboxylic acids is 1. The number of amides is 1. The van der Waals surface area contributed by atoms with Crippen molar-refractivity contribution in [2.24, 2.45) is 0 Å². The zero-order valence-corrected chi connectivity index (χ0v) is 11.2. The molecule has 3 N–H and O–H groups in total. The van der Waals surface area contributed by atoms with E-state index in [1.807, 2.05) is 0 Å². The fraction of sp³-hybridized carbons (Fsp3) is 0. The van der Waals surface area contributed by atoms with Crippen LogP contribution in [0.1, 0.15) is 20.7 Å². The Hall–Kier alpha value is -2.60. The van der Waals surface area contributed by atoms with Crippen LogP contribution < -0.4 is 5.32 Å². The summed E-state index contributed by atoms with van der Waals surface area (Å²) in [5.74, 6) is -2.84. The lowest BCUT2D eigenvalue weighted by molar-refractivity contribution is 0.0696. The number of nitrogens with one attached hydrogen (secondary N) is 1. The number of anilines is 1. The molecule has 0 unspecified atom stereocenters. The molecule has 0 saturated carbocycles. The predicted octanol–water partition coefficient (Wildman–Crippen LogP) is 3.14. The van der Waals surface area contributed by atoms with Gasteiger partial charge in [0, 0.05) is 0 Å². The van der Waals surface area contributed by atoms with Gasteiger partial charge in [-0.05, 0) is 36.4 Å². The van der Waals surface area contributed by atoms with E-state index in [2.05, 4.69) is 5.32 Å². The van der Waals surface area contributed by atoms with Crippen molar-refractivity contribution in [1.29, 1.82) is 0 Å². The Morgan fingerprint density at radius 1 is 1.14 bits per heavy atom. The van der Waals surface area contributed by atoms with Crippen LogP contribution in [0.4, 0.5) is 10.1 Å².